The summed E-state index contributed by atoms with van der Waals surface area (Å²) in [6, 6.07) is 13.6. The molecule has 0 aromatic heterocycles. The number of nitrogens with zero attached hydrogens (tertiary/aromatic N) is 2. The number of carbonyl (C=O) groups excluding carboxylic acids is 1. The second-order valence-corrected chi connectivity index (χ2v) is 5.91. The lowest BCUT2D eigenvalue weighted by Crippen LogP contribution is -2.44. The summed E-state index contributed by atoms with van der Waals surface area (Å²) in [6.07, 6.45) is 3.38. The van der Waals surface area contributed by atoms with E-state index in [1.54, 1.807) is 13.2 Å². The number of carbonyl (C=O) groups is 1. The zero-order chi connectivity index (χ0) is 17.6. The van der Waals surface area contributed by atoms with Crippen molar-refractivity contribution in [3.63, 3.8) is 0 Å². The molecule has 0 spiro atoms. The van der Waals surface area contributed by atoms with Crippen LogP contribution in [0.4, 0.5) is 10.1 Å². The van der Waals surface area contributed by atoms with Gasteiger partial charge < -0.3 is 14.5 Å². The Morgan fingerprint density at radius 1 is 1.08 bits per heavy atom. The number of anilines is 1. The maximum absolute atomic E-state index is 12.9. The Balaban J connectivity index is 1.55. The molecule has 130 valence electrons. The van der Waals surface area contributed by atoms with Crippen molar-refractivity contribution < 1.29 is 13.9 Å². The van der Waals surface area contributed by atoms with Gasteiger partial charge in [0.2, 0.25) is 0 Å². The van der Waals surface area contributed by atoms with Gasteiger partial charge in [-0.2, -0.15) is 0 Å². The number of hydrogen-bond donors (Lipinski definition) is 0. The molecule has 0 unspecified atom stereocenters. The van der Waals surface area contributed by atoms with Gasteiger partial charge in [0.15, 0.2) is 5.78 Å². The van der Waals surface area contributed by atoms with E-state index < -0.39 is 0 Å². The summed E-state index contributed by atoms with van der Waals surface area (Å²) in [7, 11) is 1.67. The van der Waals surface area contributed by atoms with Crippen LogP contribution in [0.5, 0.6) is 5.75 Å². The number of piperazine rings is 1. The number of hydrogen-bond acceptors (Lipinski definition) is 4. The lowest BCUT2D eigenvalue weighted by atomic mass is 10.1. The van der Waals surface area contributed by atoms with Crippen molar-refractivity contribution in [3.05, 3.63) is 72.2 Å². The van der Waals surface area contributed by atoms with Crippen molar-refractivity contribution in [3.8, 4) is 5.75 Å². The van der Waals surface area contributed by atoms with Gasteiger partial charge in [0.05, 0.1) is 7.11 Å². The molecule has 25 heavy (non-hydrogen) atoms. The molecule has 1 fully saturated rings. The SMILES string of the molecule is COc1cccc(N2CCN(/C=C/C(=O)c3ccc(F)cc3)CC2)c1. The molecule has 1 aliphatic rings. The molecule has 1 aliphatic heterocycles. The quantitative estimate of drug-likeness (QED) is 0.617. The van der Waals surface area contributed by atoms with Crippen LogP contribution in [0, 0.1) is 5.82 Å². The Bertz CT molecular complexity index is 751. The Labute approximate surface area is 147 Å². The maximum Gasteiger partial charge on any atom is 0.187 e. The molecule has 0 saturated carbocycles. The highest BCUT2D eigenvalue weighted by molar-refractivity contribution is 6.04. The highest BCUT2D eigenvalue weighted by atomic mass is 19.1. The van der Waals surface area contributed by atoms with E-state index in [2.05, 4.69) is 15.9 Å². The smallest absolute Gasteiger partial charge is 0.187 e. The molecule has 0 aliphatic carbocycles. The van der Waals surface area contributed by atoms with Gasteiger partial charge in [-0.3, -0.25) is 4.79 Å². The number of benzene rings is 2. The predicted octanol–water partition coefficient (Wildman–Crippen LogP) is 3.35. The van der Waals surface area contributed by atoms with Crippen molar-refractivity contribution in [1.82, 2.24) is 4.90 Å². The summed E-state index contributed by atoms with van der Waals surface area (Å²) >= 11 is 0. The minimum Gasteiger partial charge on any atom is -0.497 e. The summed E-state index contributed by atoms with van der Waals surface area (Å²) in [5, 5.41) is 0. The van der Waals surface area contributed by atoms with Crippen LogP contribution in [0.25, 0.3) is 0 Å². The molecule has 0 atom stereocenters. The number of allylic oxidation sites excluding steroid dienone is 1. The van der Waals surface area contributed by atoms with Crippen LogP contribution in [0.2, 0.25) is 0 Å². The normalized spacial score (nSPS) is 14.8. The van der Waals surface area contributed by atoms with Gasteiger partial charge >= 0.3 is 0 Å². The molecule has 0 bridgehead atoms. The fourth-order valence-corrected chi connectivity index (χ4v) is 2.82. The number of rotatable bonds is 5. The summed E-state index contributed by atoms with van der Waals surface area (Å²) < 4.78 is 18.2. The van der Waals surface area contributed by atoms with E-state index in [-0.39, 0.29) is 11.6 Å². The first-order chi connectivity index (χ1) is 12.2. The first kappa shape index (κ1) is 17.0. The molecular formula is C20H21FN2O2. The van der Waals surface area contributed by atoms with Crippen molar-refractivity contribution in [1.29, 1.82) is 0 Å². The second kappa shape index (κ2) is 7.83. The molecule has 4 nitrogen and oxygen atoms in total. The minimum atomic E-state index is -0.339. The Morgan fingerprint density at radius 3 is 2.48 bits per heavy atom. The van der Waals surface area contributed by atoms with Crippen molar-refractivity contribution in [2.75, 3.05) is 38.2 Å². The van der Waals surface area contributed by atoms with Gasteiger partial charge in [-0.25, -0.2) is 4.39 Å². The van der Waals surface area contributed by atoms with Crippen molar-refractivity contribution in [2.45, 2.75) is 0 Å². The molecule has 1 heterocycles. The summed E-state index contributed by atoms with van der Waals surface area (Å²) in [6.45, 7) is 3.43. The van der Waals surface area contributed by atoms with Gasteiger partial charge in [-0.1, -0.05) is 6.07 Å². The summed E-state index contributed by atoms with van der Waals surface area (Å²) in [4.78, 5) is 16.5. The van der Waals surface area contributed by atoms with Crippen LogP contribution >= 0.6 is 0 Å². The van der Waals surface area contributed by atoms with Crippen LogP contribution in [0.1, 0.15) is 10.4 Å². The monoisotopic (exact) mass is 340 g/mol. The summed E-state index contributed by atoms with van der Waals surface area (Å²) in [5.41, 5.74) is 1.64. The highest BCUT2D eigenvalue weighted by Gasteiger charge is 2.15. The van der Waals surface area contributed by atoms with Crippen molar-refractivity contribution in [2.24, 2.45) is 0 Å². The molecule has 1 saturated heterocycles. The average Bonchev–Trinajstić information content (AvgIpc) is 2.67. The van der Waals surface area contributed by atoms with Gasteiger partial charge in [-0.15, -0.1) is 0 Å². The van der Waals surface area contributed by atoms with E-state index in [0.717, 1.165) is 37.6 Å². The molecule has 0 amide bonds. The van der Waals surface area contributed by atoms with E-state index in [9.17, 15) is 9.18 Å². The Hall–Kier alpha value is -2.82. The number of ether oxygens (including phenoxy) is 1. The first-order valence-corrected chi connectivity index (χ1v) is 8.27. The molecular weight excluding hydrogens is 319 g/mol. The molecule has 0 N–H and O–H groups in total. The number of ketones is 1. The molecule has 2 aromatic rings. The van der Waals surface area contributed by atoms with Crippen LogP contribution < -0.4 is 9.64 Å². The Morgan fingerprint density at radius 2 is 1.80 bits per heavy atom. The maximum atomic E-state index is 12.9. The highest BCUT2D eigenvalue weighted by Crippen LogP contribution is 2.22. The van der Waals surface area contributed by atoms with Crippen LogP contribution in [-0.2, 0) is 0 Å². The van der Waals surface area contributed by atoms with Crippen LogP contribution in [-0.4, -0.2) is 44.0 Å². The Kier molecular flexibility index (Phi) is 5.33. The van der Waals surface area contributed by atoms with Gasteiger partial charge in [0.1, 0.15) is 11.6 Å². The third-order valence-electron chi connectivity index (χ3n) is 4.30. The largest absolute Gasteiger partial charge is 0.497 e. The molecule has 5 heteroatoms. The van der Waals surface area contributed by atoms with Crippen LogP contribution in [0.15, 0.2) is 60.8 Å². The lowest BCUT2D eigenvalue weighted by Gasteiger charge is -2.35. The fourth-order valence-electron chi connectivity index (χ4n) is 2.82. The summed E-state index contributed by atoms with van der Waals surface area (Å²) in [5.74, 6) is 0.397. The topological polar surface area (TPSA) is 32.8 Å². The predicted molar refractivity (Wildman–Crippen MR) is 96.7 cm³/mol. The van der Waals surface area contributed by atoms with E-state index >= 15 is 0 Å². The van der Waals surface area contributed by atoms with E-state index in [1.807, 2.05) is 24.4 Å². The zero-order valence-corrected chi connectivity index (χ0v) is 14.2. The zero-order valence-electron chi connectivity index (χ0n) is 14.2. The molecule has 0 radical (unpaired) electrons. The minimum absolute atomic E-state index is 0.116. The number of halogens is 1. The third kappa shape index (κ3) is 4.38. The standard InChI is InChI=1S/C20H21FN2O2/c1-25-19-4-2-3-18(15-19)23-13-11-22(12-14-23)10-9-20(24)16-5-7-17(21)8-6-16/h2-10,15H,11-14H2,1H3/b10-9+. The molecule has 3 rings (SSSR count). The van der Waals surface area contributed by atoms with Gasteiger partial charge in [-0.05, 0) is 36.4 Å². The lowest BCUT2D eigenvalue weighted by molar-refractivity contribution is 0.104. The van der Waals surface area contributed by atoms with E-state index in [1.165, 1.54) is 24.3 Å². The second-order valence-electron chi connectivity index (χ2n) is 5.91. The van der Waals surface area contributed by atoms with Crippen molar-refractivity contribution >= 4 is 11.5 Å². The average molecular weight is 340 g/mol. The van der Waals surface area contributed by atoms with Gasteiger partial charge in [0, 0.05) is 55.8 Å². The third-order valence-corrected chi connectivity index (χ3v) is 4.30. The van der Waals surface area contributed by atoms with Gasteiger partial charge in [0.25, 0.3) is 0 Å². The number of methoxy groups -OCH3 is 1. The van der Waals surface area contributed by atoms with E-state index in [4.69, 9.17) is 4.74 Å². The van der Waals surface area contributed by atoms with E-state index in [0.29, 0.717) is 5.56 Å². The van der Waals surface area contributed by atoms with Crippen LogP contribution in [0.3, 0.4) is 0 Å². The first-order valence-electron chi connectivity index (χ1n) is 8.27. The fraction of sp³-hybridized carbons (Fsp3) is 0.250. The molecule has 2 aromatic carbocycles.